The lowest BCUT2D eigenvalue weighted by Gasteiger charge is -2.10. The maximum atomic E-state index is 3.49. The molecule has 0 radical (unpaired) electrons. The lowest BCUT2D eigenvalue weighted by atomic mass is 9.99. The van der Waals surface area contributed by atoms with E-state index < -0.39 is 0 Å². The summed E-state index contributed by atoms with van der Waals surface area (Å²) in [4.78, 5) is 0. The van der Waals surface area contributed by atoms with Gasteiger partial charge in [0.15, 0.2) is 0 Å². The van der Waals surface area contributed by atoms with Gasteiger partial charge in [-0.15, -0.1) is 0 Å². The van der Waals surface area contributed by atoms with E-state index in [0.717, 1.165) is 38.8 Å². The molecule has 0 amide bonds. The van der Waals surface area contributed by atoms with Gasteiger partial charge in [0.25, 0.3) is 0 Å². The molecular weight excluding hydrogens is 388 g/mol. The highest BCUT2D eigenvalue weighted by molar-refractivity contribution is 5.45. The minimum absolute atomic E-state index is 0.660. The molecule has 3 aromatic rings. The molecule has 0 aliphatic carbocycles. The average Bonchev–Trinajstić information content (AvgIpc) is 2.80. The van der Waals surface area contributed by atoms with Crippen LogP contribution >= 0.6 is 0 Å². The molecule has 3 rings (SSSR count). The molecule has 2 N–H and O–H groups in total. The maximum absolute atomic E-state index is 3.49. The van der Waals surface area contributed by atoms with E-state index in [4.69, 9.17) is 0 Å². The van der Waals surface area contributed by atoms with Crippen LogP contribution in [0.25, 0.3) is 0 Å². The molecule has 0 saturated heterocycles. The highest BCUT2D eigenvalue weighted by atomic mass is 14.9. The first-order valence-corrected chi connectivity index (χ1v) is 12.2. The molecule has 0 fully saturated rings. The predicted molar refractivity (Wildman–Crippen MR) is 141 cm³/mol. The van der Waals surface area contributed by atoms with E-state index in [9.17, 15) is 0 Å². The molecule has 0 atom stereocenters. The number of aryl methyl sites for hydroxylation is 4. The monoisotopic (exact) mass is 428 g/mol. The Morgan fingerprint density at radius 2 is 0.875 bits per heavy atom. The van der Waals surface area contributed by atoms with Crippen molar-refractivity contribution < 1.29 is 0 Å². The van der Waals surface area contributed by atoms with Gasteiger partial charge in [-0.1, -0.05) is 76.2 Å². The van der Waals surface area contributed by atoms with Crippen LogP contribution in [0.4, 0.5) is 11.4 Å². The highest BCUT2D eigenvalue weighted by Crippen LogP contribution is 2.16. The lowest BCUT2D eigenvalue weighted by molar-refractivity contribution is 0.689. The number of hydrogen-bond acceptors (Lipinski definition) is 2. The fraction of sp³-hybridized carbons (Fsp3) is 0.400. The SMILES string of the molecule is CC(C)CNc1ccc(CCc2cccc(CCc3ccc(NCC(C)C)cc3)c2)cc1. The summed E-state index contributed by atoms with van der Waals surface area (Å²) in [5.74, 6) is 1.32. The van der Waals surface area contributed by atoms with Crippen molar-refractivity contribution in [3.8, 4) is 0 Å². The van der Waals surface area contributed by atoms with Crippen molar-refractivity contribution in [2.45, 2.75) is 53.4 Å². The van der Waals surface area contributed by atoms with Gasteiger partial charge in [-0.2, -0.15) is 0 Å². The van der Waals surface area contributed by atoms with Crippen molar-refractivity contribution in [1.82, 2.24) is 0 Å². The maximum Gasteiger partial charge on any atom is 0.0340 e. The fourth-order valence-corrected chi connectivity index (χ4v) is 3.74. The summed E-state index contributed by atoms with van der Waals surface area (Å²) in [6.07, 6.45) is 4.34. The van der Waals surface area contributed by atoms with Crippen molar-refractivity contribution in [2.24, 2.45) is 11.8 Å². The summed E-state index contributed by atoms with van der Waals surface area (Å²) in [6, 6.07) is 27.0. The van der Waals surface area contributed by atoms with Crippen molar-refractivity contribution in [3.05, 3.63) is 95.1 Å². The minimum Gasteiger partial charge on any atom is -0.385 e. The van der Waals surface area contributed by atoms with Gasteiger partial charge in [0.2, 0.25) is 0 Å². The zero-order chi connectivity index (χ0) is 22.8. The molecule has 0 unspecified atom stereocenters. The number of benzene rings is 3. The number of hydrogen-bond donors (Lipinski definition) is 2. The molecule has 170 valence electrons. The summed E-state index contributed by atoms with van der Waals surface area (Å²) in [6.45, 7) is 11.0. The normalized spacial score (nSPS) is 11.2. The van der Waals surface area contributed by atoms with Gasteiger partial charge in [0.1, 0.15) is 0 Å². The Balaban J connectivity index is 1.47. The van der Waals surface area contributed by atoms with Crippen molar-refractivity contribution >= 4 is 11.4 Å². The second kappa shape index (κ2) is 12.3. The second-order valence-corrected chi connectivity index (χ2v) is 9.76. The van der Waals surface area contributed by atoms with E-state index >= 15 is 0 Å². The third-order valence-corrected chi connectivity index (χ3v) is 5.73. The van der Waals surface area contributed by atoms with Gasteiger partial charge < -0.3 is 10.6 Å². The first-order valence-electron chi connectivity index (χ1n) is 12.2. The van der Waals surface area contributed by atoms with Gasteiger partial charge in [-0.05, 0) is 84.0 Å². The standard InChI is InChI=1S/C30H40N2/c1-23(2)21-31-29-16-12-25(13-17-29)8-10-27-6-5-7-28(20-27)11-9-26-14-18-30(19-15-26)32-22-24(3)4/h5-7,12-20,23-24,31-32H,8-11,21-22H2,1-4H3. The van der Waals surface area contributed by atoms with Crippen LogP contribution < -0.4 is 10.6 Å². The largest absolute Gasteiger partial charge is 0.385 e. The van der Waals surface area contributed by atoms with Crippen LogP contribution in [-0.4, -0.2) is 13.1 Å². The summed E-state index contributed by atoms with van der Waals surface area (Å²) in [7, 11) is 0. The first-order chi connectivity index (χ1) is 15.5. The van der Waals surface area contributed by atoms with Gasteiger partial charge in [-0.3, -0.25) is 0 Å². The summed E-state index contributed by atoms with van der Waals surface area (Å²) in [5.41, 5.74) is 8.09. The van der Waals surface area contributed by atoms with E-state index in [0.29, 0.717) is 11.8 Å². The number of rotatable bonds is 12. The second-order valence-electron chi connectivity index (χ2n) is 9.76. The van der Waals surface area contributed by atoms with E-state index in [1.807, 2.05) is 0 Å². The Morgan fingerprint density at radius 1 is 0.500 bits per heavy atom. The fourth-order valence-electron chi connectivity index (χ4n) is 3.74. The predicted octanol–water partition coefficient (Wildman–Crippen LogP) is 7.39. The van der Waals surface area contributed by atoms with E-state index in [1.54, 1.807) is 0 Å². The molecule has 0 aromatic heterocycles. The average molecular weight is 429 g/mol. The van der Waals surface area contributed by atoms with Crippen molar-refractivity contribution in [1.29, 1.82) is 0 Å². The Hall–Kier alpha value is -2.74. The highest BCUT2D eigenvalue weighted by Gasteiger charge is 2.02. The van der Waals surface area contributed by atoms with Crippen molar-refractivity contribution in [3.63, 3.8) is 0 Å². The Bertz CT molecular complexity index is 849. The lowest BCUT2D eigenvalue weighted by Crippen LogP contribution is -2.07. The molecule has 0 bridgehead atoms. The molecule has 0 spiro atoms. The summed E-state index contributed by atoms with van der Waals surface area (Å²) >= 11 is 0. The van der Waals surface area contributed by atoms with Crippen LogP contribution in [0.15, 0.2) is 72.8 Å². The summed E-state index contributed by atoms with van der Waals surface area (Å²) < 4.78 is 0. The van der Waals surface area contributed by atoms with E-state index in [-0.39, 0.29) is 0 Å². The Kier molecular flexibility index (Phi) is 9.22. The topological polar surface area (TPSA) is 24.1 Å². The molecule has 0 saturated carbocycles. The molecular formula is C30H40N2. The molecule has 3 aromatic carbocycles. The van der Waals surface area contributed by atoms with Crippen LogP contribution in [-0.2, 0) is 25.7 Å². The Morgan fingerprint density at radius 3 is 1.25 bits per heavy atom. The zero-order valence-electron chi connectivity index (χ0n) is 20.3. The van der Waals surface area contributed by atoms with E-state index in [2.05, 4.69) is 111 Å². The molecule has 32 heavy (non-hydrogen) atoms. The van der Waals surface area contributed by atoms with Gasteiger partial charge >= 0.3 is 0 Å². The van der Waals surface area contributed by atoms with Crippen LogP contribution in [0.2, 0.25) is 0 Å². The van der Waals surface area contributed by atoms with Crippen LogP contribution in [0.1, 0.15) is 49.9 Å². The van der Waals surface area contributed by atoms with Crippen LogP contribution in [0.5, 0.6) is 0 Å². The quantitative estimate of drug-likeness (QED) is 0.314. The molecule has 0 heterocycles. The molecule has 0 aliphatic rings. The van der Waals surface area contributed by atoms with Crippen LogP contribution in [0.3, 0.4) is 0 Å². The first kappa shape index (κ1) is 23.9. The molecule has 0 aliphatic heterocycles. The zero-order valence-corrected chi connectivity index (χ0v) is 20.3. The van der Waals surface area contributed by atoms with Gasteiger partial charge in [0, 0.05) is 24.5 Å². The minimum atomic E-state index is 0.660. The smallest absolute Gasteiger partial charge is 0.0340 e. The van der Waals surface area contributed by atoms with Gasteiger partial charge in [-0.25, -0.2) is 0 Å². The third kappa shape index (κ3) is 8.42. The van der Waals surface area contributed by atoms with Gasteiger partial charge in [0.05, 0.1) is 0 Å². The van der Waals surface area contributed by atoms with Crippen molar-refractivity contribution in [2.75, 3.05) is 23.7 Å². The number of anilines is 2. The van der Waals surface area contributed by atoms with E-state index in [1.165, 1.54) is 33.6 Å². The third-order valence-electron chi connectivity index (χ3n) is 5.73. The number of nitrogens with one attached hydrogen (secondary N) is 2. The molecule has 2 nitrogen and oxygen atoms in total. The van der Waals surface area contributed by atoms with Crippen LogP contribution in [0, 0.1) is 11.8 Å². The summed E-state index contributed by atoms with van der Waals surface area (Å²) in [5, 5.41) is 6.98. The Labute approximate surface area is 195 Å². The molecule has 2 heteroatoms.